The number of carbonyl (C=O) groups excluding carboxylic acids is 1. The molecule has 0 saturated carbocycles. The van der Waals surface area contributed by atoms with Crippen molar-refractivity contribution in [3.63, 3.8) is 0 Å². The van der Waals surface area contributed by atoms with Gasteiger partial charge in [0.15, 0.2) is 0 Å². The largest absolute Gasteiger partial charge is 0.322 e. The first-order valence-corrected chi connectivity index (χ1v) is 9.29. The molecule has 4 nitrogen and oxygen atoms in total. The zero-order valence-corrected chi connectivity index (χ0v) is 16.2. The molecule has 0 fully saturated rings. The van der Waals surface area contributed by atoms with Gasteiger partial charge in [-0.25, -0.2) is 0 Å². The Morgan fingerprint density at radius 3 is 2.81 bits per heavy atom. The molecule has 1 amide bonds. The molecule has 0 atom stereocenters. The number of aromatic amines is 1. The molecule has 5 heteroatoms. The molecule has 2 N–H and O–H groups in total. The number of halogens is 1. The molecule has 3 aromatic carbocycles. The second-order valence-electron chi connectivity index (χ2n) is 6.17. The third-order valence-electron chi connectivity index (χ3n) is 4.34. The number of fused-ring (bicyclic) bond motifs is 1. The van der Waals surface area contributed by atoms with E-state index in [4.69, 9.17) is 0 Å². The highest BCUT2D eigenvalue weighted by Gasteiger charge is 2.09. The lowest BCUT2D eigenvalue weighted by Gasteiger charge is -2.11. The van der Waals surface area contributed by atoms with Gasteiger partial charge in [-0.1, -0.05) is 24.3 Å². The molecule has 0 spiro atoms. The van der Waals surface area contributed by atoms with Crippen molar-refractivity contribution in [3.05, 3.63) is 81.6 Å². The number of H-pyrrole nitrogens is 1. The molecule has 0 aliphatic heterocycles. The van der Waals surface area contributed by atoms with E-state index in [1.54, 1.807) is 0 Å². The normalized spacial score (nSPS) is 10.8. The fraction of sp³-hybridized carbons (Fsp3) is 0.0476. The molecule has 128 valence electrons. The summed E-state index contributed by atoms with van der Waals surface area (Å²) in [6.07, 6.45) is 1.81. The number of nitrogens with zero attached hydrogens (tertiary/aromatic N) is 1. The van der Waals surface area contributed by atoms with Crippen LogP contribution in [0.2, 0.25) is 0 Å². The minimum Gasteiger partial charge on any atom is -0.322 e. The third-order valence-corrected chi connectivity index (χ3v) is 5.01. The fourth-order valence-corrected chi connectivity index (χ4v) is 3.49. The van der Waals surface area contributed by atoms with Crippen molar-refractivity contribution < 1.29 is 4.79 Å². The van der Waals surface area contributed by atoms with Crippen molar-refractivity contribution in [2.75, 3.05) is 5.32 Å². The van der Waals surface area contributed by atoms with Crippen LogP contribution in [-0.2, 0) is 0 Å². The Labute approximate surface area is 164 Å². The van der Waals surface area contributed by atoms with E-state index in [2.05, 4.69) is 57.2 Å². The summed E-state index contributed by atoms with van der Waals surface area (Å²) in [6, 6.07) is 19.7. The summed E-state index contributed by atoms with van der Waals surface area (Å²) in [7, 11) is 0. The molecule has 0 unspecified atom stereocenters. The summed E-state index contributed by atoms with van der Waals surface area (Å²) in [6.45, 7) is 2.07. The van der Waals surface area contributed by atoms with Crippen LogP contribution in [0, 0.1) is 10.5 Å². The monoisotopic (exact) mass is 453 g/mol. The van der Waals surface area contributed by atoms with Gasteiger partial charge in [0.25, 0.3) is 5.91 Å². The minimum absolute atomic E-state index is 0.109. The first kappa shape index (κ1) is 16.8. The van der Waals surface area contributed by atoms with Crippen LogP contribution < -0.4 is 5.32 Å². The number of anilines is 1. The van der Waals surface area contributed by atoms with Gasteiger partial charge in [0.2, 0.25) is 0 Å². The molecule has 0 radical (unpaired) electrons. The first-order valence-electron chi connectivity index (χ1n) is 8.21. The molecular weight excluding hydrogens is 437 g/mol. The number of hydrogen-bond donors (Lipinski definition) is 2. The highest BCUT2D eigenvalue weighted by atomic mass is 127. The molecule has 0 bridgehead atoms. The van der Waals surface area contributed by atoms with E-state index in [1.165, 1.54) is 0 Å². The second-order valence-corrected chi connectivity index (χ2v) is 7.41. The zero-order chi connectivity index (χ0) is 18.1. The molecule has 1 heterocycles. The maximum absolute atomic E-state index is 12.5. The Morgan fingerprint density at radius 2 is 1.96 bits per heavy atom. The molecule has 26 heavy (non-hydrogen) atoms. The van der Waals surface area contributed by atoms with Gasteiger partial charge in [0, 0.05) is 20.2 Å². The smallest absolute Gasteiger partial charge is 0.255 e. The lowest BCUT2D eigenvalue weighted by Crippen LogP contribution is -2.12. The van der Waals surface area contributed by atoms with Gasteiger partial charge in [0.1, 0.15) is 0 Å². The molecule has 4 aromatic rings. The van der Waals surface area contributed by atoms with Gasteiger partial charge in [-0.15, -0.1) is 0 Å². The maximum Gasteiger partial charge on any atom is 0.255 e. The van der Waals surface area contributed by atoms with Crippen LogP contribution in [0.1, 0.15) is 15.9 Å². The number of carbonyl (C=O) groups is 1. The topological polar surface area (TPSA) is 57.8 Å². The number of nitrogens with one attached hydrogen (secondary N) is 2. The predicted molar refractivity (Wildman–Crippen MR) is 113 cm³/mol. The lowest BCUT2D eigenvalue weighted by atomic mass is 9.99. The van der Waals surface area contributed by atoms with Gasteiger partial charge in [0.05, 0.1) is 11.7 Å². The van der Waals surface area contributed by atoms with Crippen molar-refractivity contribution >= 4 is 45.1 Å². The van der Waals surface area contributed by atoms with E-state index in [0.29, 0.717) is 5.56 Å². The van der Waals surface area contributed by atoms with Gasteiger partial charge in [-0.2, -0.15) is 5.10 Å². The molecule has 4 rings (SSSR count). The van der Waals surface area contributed by atoms with Crippen molar-refractivity contribution in [3.8, 4) is 11.1 Å². The number of hydrogen-bond acceptors (Lipinski definition) is 2. The SMILES string of the molecule is Cc1ccc(NC(=O)c2cccc(I)c2)cc1-c1ccc2cn[nH]c2c1. The van der Waals surface area contributed by atoms with Crippen molar-refractivity contribution in [2.45, 2.75) is 6.92 Å². The molecule has 0 aliphatic rings. The summed E-state index contributed by atoms with van der Waals surface area (Å²) in [5, 5.41) is 11.1. The average molecular weight is 453 g/mol. The van der Waals surface area contributed by atoms with Gasteiger partial charge >= 0.3 is 0 Å². The van der Waals surface area contributed by atoms with Crippen LogP contribution in [0.15, 0.2) is 66.9 Å². The maximum atomic E-state index is 12.5. The third kappa shape index (κ3) is 3.35. The van der Waals surface area contributed by atoms with Crippen molar-refractivity contribution in [2.24, 2.45) is 0 Å². The van der Waals surface area contributed by atoms with E-state index >= 15 is 0 Å². The summed E-state index contributed by atoms with van der Waals surface area (Å²) in [5.74, 6) is -0.109. The van der Waals surface area contributed by atoms with E-state index in [1.807, 2.05) is 54.7 Å². The Kier molecular flexibility index (Phi) is 4.46. The minimum atomic E-state index is -0.109. The summed E-state index contributed by atoms with van der Waals surface area (Å²) in [4.78, 5) is 12.5. The predicted octanol–water partition coefficient (Wildman–Crippen LogP) is 5.40. The fourth-order valence-electron chi connectivity index (χ4n) is 2.95. The Bertz CT molecular complexity index is 1120. The quantitative estimate of drug-likeness (QED) is 0.409. The summed E-state index contributed by atoms with van der Waals surface area (Å²) in [5.41, 5.74) is 5.75. The van der Waals surface area contributed by atoms with Crippen LogP contribution in [0.25, 0.3) is 22.0 Å². The van der Waals surface area contributed by atoms with E-state index in [0.717, 1.165) is 36.9 Å². The summed E-state index contributed by atoms with van der Waals surface area (Å²) < 4.78 is 1.03. The number of amides is 1. The van der Waals surface area contributed by atoms with Crippen LogP contribution in [0.5, 0.6) is 0 Å². The number of aromatic nitrogens is 2. The van der Waals surface area contributed by atoms with Crippen LogP contribution in [0.3, 0.4) is 0 Å². The second kappa shape index (κ2) is 6.92. The Hall–Kier alpha value is -2.67. The summed E-state index contributed by atoms with van der Waals surface area (Å²) >= 11 is 2.21. The van der Waals surface area contributed by atoms with Crippen LogP contribution in [-0.4, -0.2) is 16.1 Å². The van der Waals surface area contributed by atoms with Gasteiger partial charge in [-0.3, -0.25) is 9.89 Å². The number of rotatable bonds is 3. The molecule has 0 saturated heterocycles. The van der Waals surface area contributed by atoms with Crippen molar-refractivity contribution in [1.82, 2.24) is 10.2 Å². The standard InChI is InChI=1S/C21H16IN3O/c1-13-5-8-18(24-21(26)15-3-2-4-17(22)9-15)11-19(13)14-6-7-16-12-23-25-20(16)10-14/h2-12H,1H3,(H,23,25)(H,24,26). The van der Waals surface area contributed by atoms with Gasteiger partial charge < -0.3 is 5.32 Å². The van der Waals surface area contributed by atoms with Crippen LogP contribution in [0.4, 0.5) is 5.69 Å². The highest BCUT2D eigenvalue weighted by molar-refractivity contribution is 14.1. The average Bonchev–Trinajstić information content (AvgIpc) is 3.11. The van der Waals surface area contributed by atoms with Crippen LogP contribution >= 0.6 is 22.6 Å². The van der Waals surface area contributed by atoms with E-state index in [9.17, 15) is 4.79 Å². The molecule has 1 aromatic heterocycles. The Balaban J connectivity index is 1.66. The highest BCUT2D eigenvalue weighted by Crippen LogP contribution is 2.29. The Morgan fingerprint density at radius 1 is 1.08 bits per heavy atom. The first-order chi connectivity index (χ1) is 12.6. The zero-order valence-electron chi connectivity index (χ0n) is 14.1. The molecular formula is C21H16IN3O. The van der Waals surface area contributed by atoms with E-state index in [-0.39, 0.29) is 5.91 Å². The number of aryl methyl sites for hydroxylation is 1. The lowest BCUT2D eigenvalue weighted by molar-refractivity contribution is 0.102. The van der Waals surface area contributed by atoms with E-state index < -0.39 is 0 Å². The van der Waals surface area contributed by atoms with Gasteiger partial charge in [-0.05, 0) is 82.6 Å². The van der Waals surface area contributed by atoms with Crippen molar-refractivity contribution in [1.29, 1.82) is 0 Å². The molecule has 0 aliphatic carbocycles. The number of benzene rings is 3.